The lowest BCUT2D eigenvalue weighted by atomic mass is 9.86. The molecule has 2 fully saturated rings. The molecule has 3 nitrogen and oxygen atoms in total. The summed E-state index contributed by atoms with van der Waals surface area (Å²) in [5.74, 6) is 0.338. The summed E-state index contributed by atoms with van der Waals surface area (Å²) >= 11 is 0. The Morgan fingerprint density at radius 2 is 2.10 bits per heavy atom. The van der Waals surface area contributed by atoms with Gasteiger partial charge in [-0.3, -0.25) is 4.79 Å². The van der Waals surface area contributed by atoms with Crippen LogP contribution in [0.1, 0.15) is 50.0 Å². The lowest BCUT2D eigenvalue weighted by molar-refractivity contribution is -0.137. The van der Waals surface area contributed by atoms with Crippen molar-refractivity contribution in [2.24, 2.45) is 11.8 Å². The van der Waals surface area contributed by atoms with Crippen LogP contribution in [0.25, 0.3) is 0 Å². The van der Waals surface area contributed by atoms with Crippen molar-refractivity contribution in [2.75, 3.05) is 6.61 Å². The molecule has 21 heavy (non-hydrogen) atoms. The molecule has 1 aromatic carbocycles. The van der Waals surface area contributed by atoms with Crippen LogP contribution in [0, 0.1) is 17.7 Å². The summed E-state index contributed by atoms with van der Waals surface area (Å²) in [4.78, 5) is 11.1. The summed E-state index contributed by atoms with van der Waals surface area (Å²) < 4.78 is 19.5. The molecule has 1 aromatic rings. The number of hydrogen-bond donors (Lipinski definition) is 1. The second-order valence-corrected chi connectivity index (χ2v) is 6.33. The normalized spacial score (nSPS) is 19.9. The first-order chi connectivity index (χ1) is 10.1. The monoisotopic (exact) mass is 292 g/mol. The molecule has 3 rings (SSSR count). The predicted octanol–water partition coefficient (Wildman–Crippen LogP) is 3.97. The Balaban J connectivity index is 1.79. The molecule has 0 radical (unpaired) electrons. The average molecular weight is 292 g/mol. The van der Waals surface area contributed by atoms with Gasteiger partial charge in [-0.1, -0.05) is 6.42 Å². The predicted molar refractivity (Wildman–Crippen MR) is 77.0 cm³/mol. The number of rotatable bonds is 7. The molecule has 0 bridgehead atoms. The van der Waals surface area contributed by atoms with Crippen LogP contribution in [-0.2, 0) is 4.79 Å². The van der Waals surface area contributed by atoms with Crippen molar-refractivity contribution in [3.05, 3.63) is 29.6 Å². The van der Waals surface area contributed by atoms with E-state index in [4.69, 9.17) is 9.84 Å². The van der Waals surface area contributed by atoms with Crippen molar-refractivity contribution in [1.29, 1.82) is 0 Å². The Hall–Kier alpha value is -1.58. The highest BCUT2D eigenvalue weighted by molar-refractivity contribution is 5.68. The Labute approximate surface area is 124 Å². The van der Waals surface area contributed by atoms with Gasteiger partial charge in [-0.2, -0.15) is 0 Å². The number of aliphatic carboxylic acids is 1. The molecule has 2 aliphatic carbocycles. The van der Waals surface area contributed by atoms with Gasteiger partial charge in [0.2, 0.25) is 0 Å². The number of carboxylic acid groups (broad SMARTS) is 1. The molecule has 0 aliphatic heterocycles. The summed E-state index contributed by atoms with van der Waals surface area (Å²) in [7, 11) is 0. The molecule has 1 N–H and O–H groups in total. The fraction of sp³-hybridized carbons (Fsp3) is 0.588. The smallest absolute Gasteiger partial charge is 0.303 e. The molecule has 0 heterocycles. The molecule has 1 atom stereocenters. The van der Waals surface area contributed by atoms with Gasteiger partial charge in [0, 0.05) is 11.5 Å². The Kier molecular flexibility index (Phi) is 4.13. The highest BCUT2D eigenvalue weighted by Crippen LogP contribution is 2.47. The van der Waals surface area contributed by atoms with Crippen molar-refractivity contribution in [1.82, 2.24) is 0 Å². The van der Waals surface area contributed by atoms with Gasteiger partial charge in [0.1, 0.15) is 11.6 Å². The van der Waals surface area contributed by atoms with E-state index in [0.717, 1.165) is 18.4 Å². The molecule has 0 saturated heterocycles. The van der Waals surface area contributed by atoms with E-state index >= 15 is 0 Å². The first kappa shape index (κ1) is 14.4. The quantitative estimate of drug-likeness (QED) is 0.827. The van der Waals surface area contributed by atoms with Gasteiger partial charge in [0.15, 0.2) is 0 Å². The Morgan fingerprint density at radius 3 is 2.67 bits per heavy atom. The van der Waals surface area contributed by atoms with Gasteiger partial charge < -0.3 is 9.84 Å². The van der Waals surface area contributed by atoms with E-state index in [2.05, 4.69) is 0 Å². The minimum absolute atomic E-state index is 0.0495. The zero-order valence-electron chi connectivity index (χ0n) is 12.1. The summed E-state index contributed by atoms with van der Waals surface area (Å²) in [6.07, 6.45) is 5.74. The van der Waals surface area contributed by atoms with E-state index in [0.29, 0.717) is 24.2 Å². The molecule has 114 valence electrons. The fourth-order valence-corrected chi connectivity index (χ4v) is 3.02. The summed E-state index contributed by atoms with van der Waals surface area (Å²) in [5, 5.41) is 9.11. The largest absolute Gasteiger partial charge is 0.493 e. The van der Waals surface area contributed by atoms with E-state index in [-0.39, 0.29) is 18.2 Å². The van der Waals surface area contributed by atoms with Crippen molar-refractivity contribution < 1.29 is 19.0 Å². The standard InChI is InChI=1S/C17H21FO3/c18-13-6-7-16(21-10-11-2-1-3-11)15(8-13)14(9-17(19)20)12-4-5-12/h6-8,11-12,14H,1-5,9-10H2,(H,19,20). The van der Waals surface area contributed by atoms with E-state index in [1.165, 1.54) is 31.4 Å². The summed E-state index contributed by atoms with van der Waals surface area (Å²) in [5.41, 5.74) is 0.735. The van der Waals surface area contributed by atoms with Gasteiger partial charge in [0.25, 0.3) is 0 Å². The molecular formula is C17H21FO3. The third kappa shape index (κ3) is 3.55. The minimum Gasteiger partial charge on any atom is -0.493 e. The van der Waals surface area contributed by atoms with Crippen molar-refractivity contribution >= 4 is 5.97 Å². The second kappa shape index (κ2) is 6.04. The van der Waals surface area contributed by atoms with Crippen molar-refractivity contribution in [3.63, 3.8) is 0 Å². The molecule has 0 spiro atoms. The zero-order chi connectivity index (χ0) is 14.8. The third-order valence-corrected chi connectivity index (χ3v) is 4.66. The highest BCUT2D eigenvalue weighted by Gasteiger charge is 2.35. The maximum Gasteiger partial charge on any atom is 0.303 e. The van der Waals surface area contributed by atoms with Crippen LogP contribution in [0.15, 0.2) is 18.2 Å². The maximum atomic E-state index is 13.6. The van der Waals surface area contributed by atoms with Crippen LogP contribution in [0.4, 0.5) is 4.39 Å². The number of halogens is 1. The first-order valence-electron chi connectivity index (χ1n) is 7.77. The molecule has 2 aliphatic rings. The number of hydrogen-bond acceptors (Lipinski definition) is 2. The van der Waals surface area contributed by atoms with E-state index in [1.807, 2.05) is 0 Å². The van der Waals surface area contributed by atoms with Crippen molar-refractivity contribution in [2.45, 2.75) is 44.4 Å². The van der Waals surface area contributed by atoms with Crippen LogP contribution >= 0.6 is 0 Å². The van der Waals surface area contributed by atoms with E-state index in [1.54, 1.807) is 6.07 Å². The van der Waals surface area contributed by atoms with Gasteiger partial charge >= 0.3 is 5.97 Å². The third-order valence-electron chi connectivity index (χ3n) is 4.66. The van der Waals surface area contributed by atoms with Gasteiger partial charge in [-0.15, -0.1) is 0 Å². The van der Waals surface area contributed by atoms with Crippen LogP contribution in [-0.4, -0.2) is 17.7 Å². The summed E-state index contributed by atoms with van der Waals surface area (Å²) in [6.45, 7) is 0.656. The Morgan fingerprint density at radius 1 is 1.33 bits per heavy atom. The SMILES string of the molecule is O=C(O)CC(c1cc(F)ccc1OCC1CCC1)C1CC1. The molecule has 0 amide bonds. The lowest BCUT2D eigenvalue weighted by Gasteiger charge is -2.26. The molecule has 2 saturated carbocycles. The topological polar surface area (TPSA) is 46.5 Å². The van der Waals surface area contributed by atoms with Crippen LogP contribution in [0.2, 0.25) is 0 Å². The van der Waals surface area contributed by atoms with Gasteiger partial charge in [-0.25, -0.2) is 4.39 Å². The molecule has 4 heteroatoms. The second-order valence-electron chi connectivity index (χ2n) is 6.33. The maximum absolute atomic E-state index is 13.6. The Bertz CT molecular complexity index is 521. The zero-order valence-corrected chi connectivity index (χ0v) is 12.1. The van der Waals surface area contributed by atoms with Crippen LogP contribution < -0.4 is 4.74 Å². The highest BCUT2D eigenvalue weighted by atomic mass is 19.1. The number of carbonyl (C=O) groups is 1. The molecular weight excluding hydrogens is 271 g/mol. The minimum atomic E-state index is -0.832. The number of ether oxygens (including phenoxy) is 1. The number of benzene rings is 1. The fourth-order valence-electron chi connectivity index (χ4n) is 3.02. The first-order valence-corrected chi connectivity index (χ1v) is 7.77. The van der Waals surface area contributed by atoms with Gasteiger partial charge in [-0.05, 0) is 55.7 Å². The van der Waals surface area contributed by atoms with Crippen LogP contribution in [0.5, 0.6) is 5.75 Å². The van der Waals surface area contributed by atoms with E-state index in [9.17, 15) is 9.18 Å². The van der Waals surface area contributed by atoms with Crippen LogP contribution in [0.3, 0.4) is 0 Å². The van der Waals surface area contributed by atoms with Crippen molar-refractivity contribution in [3.8, 4) is 5.75 Å². The number of carboxylic acids is 1. The average Bonchev–Trinajstić information content (AvgIpc) is 3.20. The molecule has 1 unspecified atom stereocenters. The van der Waals surface area contributed by atoms with Gasteiger partial charge in [0.05, 0.1) is 13.0 Å². The van der Waals surface area contributed by atoms with E-state index < -0.39 is 5.97 Å². The lowest BCUT2D eigenvalue weighted by Crippen LogP contribution is -2.20. The molecule has 0 aromatic heterocycles. The summed E-state index contributed by atoms with van der Waals surface area (Å²) in [6, 6.07) is 4.51.